The second kappa shape index (κ2) is 8.25. The maximum atomic E-state index is 12.6. The van der Waals surface area contributed by atoms with E-state index in [2.05, 4.69) is 9.71 Å². The summed E-state index contributed by atoms with van der Waals surface area (Å²) in [5.74, 6) is 0. The van der Waals surface area contributed by atoms with Crippen molar-refractivity contribution in [1.82, 2.24) is 9.71 Å². The molecule has 4 rings (SSSR count). The summed E-state index contributed by atoms with van der Waals surface area (Å²) in [6, 6.07) is 7.40. The van der Waals surface area contributed by atoms with E-state index >= 15 is 0 Å². The van der Waals surface area contributed by atoms with E-state index in [9.17, 15) is 8.42 Å². The maximum Gasteiger partial charge on any atom is 0.242 e. The third-order valence-corrected chi connectivity index (χ3v) is 8.81. The summed E-state index contributed by atoms with van der Waals surface area (Å²) in [4.78, 5) is 12.4. The molecule has 5 nitrogen and oxygen atoms in total. The lowest BCUT2D eigenvalue weighted by Crippen LogP contribution is -2.24. The van der Waals surface area contributed by atoms with Gasteiger partial charge >= 0.3 is 0 Å². The summed E-state index contributed by atoms with van der Waals surface area (Å²) >= 11 is 10.7. The van der Waals surface area contributed by atoms with Crippen LogP contribution < -0.4 is 4.72 Å². The van der Waals surface area contributed by atoms with Crippen molar-refractivity contribution in [3.05, 3.63) is 49.9 Å². The first-order valence-electron chi connectivity index (χ1n) is 8.58. The summed E-state index contributed by atoms with van der Waals surface area (Å²) < 4.78 is 28.5. The van der Waals surface area contributed by atoms with Gasteiger partial charge in [0.2, 0.25) is 10.0 Å². The summed E-state index contributed by atoms with van der Waals surface area (Å²) in [6.07, 6.45) is 3.10. The third kappa shape index (κ3) is 4.05. The minimum absolute atomic E-state index is 0.125. The molecule has 1 aliphatic rings. The molecule has 0 bridgehead atoms. The number of aromatic nitrogens is 1. The van der Waals surface area contributed by atoms with Crippen molar-refractivity contribution in [2.24, 2.45) is 4.99 Å². The highest BCUT2D eigenvalue weighted by Gasteiger charge is 2.24. The standard InChI is InChI=1S/C18H16ClN3O2S4/c1-2-3-7-21-28(23,24)11-9-12-18(20-10-11)27-14-6-8-25-17(14)16(22-12)13-4-5-15(19)26-13/h4-6,8-10,21H,2-3,7H2,1H3. The fourth-order valence-corrected chi connectivity index (χ4v) is 6.77. The number of unbranched alkanes of at least 4 members (excludes halogenated alkanes) is 1. The molecule has 146 valence electrons. The lowest BCUT2D eigenvalue weighted by atomic mass is 10.2. The number of thiophene rings is 2. The molecule has 28 heavy (non-hydrogen) atoms. The molecule has 0 aromatic carbocycles. The molecule has 1 aliphatic heterocycles. The molecule has 1 N–H and O–H groups in total. The molecule has 0 saturated heterocycles. The van der Waals surface area contributed by atoms with Gasteiger partial charge in [0.15, 0.2) is 0 Å². The number of hydrogen-bond donors (Lipinski definition) is 1. The Balaban J connectivity index is 1.79. The van der Waals surface area contributed by atoms with E-state index in [4.69, 9.17) is 16.6 Å². The van der Waals surface area contributed by atoms with E-state index in [0.717, 1.165) is 33.2 Å². The SMILES string of the molecule is CCCCNS(=O)(=O)c1cnc2c(c1)N=C(c1ccc(Cl)s1)c1sccc1S2. The second-order valence-electron chi connectivity index (χ2n) is 6.03. The van der Waals surface area contributed by atoms with Crippen LogP contribution in [0.25, 0.3) is 0 Å². The molecule has 0 saturated carbocycles. The van der Waals surface area contributed by atoms with Crippen molar-refractivity contribution >= 4 is 67.5 Å². The summed E-state index contributed by atoms with van der Waals surface area (Å²) in [5.41, 5.74) is 1.34. The van der Waals surface area contributed by atoms with Gasteiger partial charge in [-0.2, -0.15) is 0 Å². The molecular formula is C18H16ClN3O2S4. The highest BCUT2D eigenvalue weighted by atomic mass is 35.5. The topological polar surface area (TPSA) is 71.4 Å². The van der Waals surface area contributed by atoms with Gasteiger partial charge in [0.05, 0.1) is 25.5 Å². The van der Waals surface area contributed by atoms with Gasteiger partial charge in [-0.3, -0.25) is 0 Å². The minimum Gasteiger partial charge on any atom is -0.246 e. The molecule has 0 radical (unpaired) electrons. The zero-order valence-corrected chi connectivity index (χ0v) is 18.8. The highest BCUT2D eigenvalue weighted by Crippen LogP contribution is 2.43. The number of halogens is 1. The Labute approximate surface area is 180 Å². The van der Waals surface area contributed by atoms with Crippen molar-refractivity contribution < 1.29 is 8.42 Å². The molecule has 0 spiro atoms. The van der Waals surface area contributed by atoms with E-state index in [-0.39, 0.29) is 4.90 Å². The Kier molecular flexibility index (Phi) is 5.91. The number of nitrogens with zero attached hydrogens (tertiary/aromatic N) is 2. The van der Waals surface area contributed by atoms with E-state index in [0.29, 0.717) is 21.6 Å². The van der Waals surface area contributed by atoms with Crippen molar-refractivity contribution in [3.8, 4) is 0 Å². The van der Waals surface area contributed by atoms with Crippen LogP contribution in [0.15, 0.2) is 55.7 Å². The summed E-state index contributed by atoms with van der Waals surface area (Å²) in [7, 11) is -3.62. The van der Waals surface area contributed by atoms with E-state index < -0.39 is 10.0 Å². The van der Waals surface area contributed by atoms with Gasteiger partial charge in [0.1, 0.15) is 9.92 Å². The quantitative estimate of drug-likeness (QED) is 0.374. The summed E-state index contributed by atoms with van der Waals surface area (Å²) in [5, 5.41) is 2.70. The van der Waals surface area contributed by atoms with Crippen LogP contribution in [0.5, 0.6) is 0 Å². The van der Waals surface area contributed by atoms with Crippen LogP contribution in [0.2, 0.25) is 4.34 Å². The zero-order valence-electron chi connectivity index (χ0n) is 14.8. The fraction of sp³-hybridized carbons (Fsp3) is 0.222. The molecule has 0 unspecified atom stereocenters. The van der Waals surface area contributed by atoms with E-state index in [1.165, 1.54) is 29.3 Å². The van der Waals surface area contributed by atoms with Crippen LogP contribution in [0, 0.1) is 0 Å². The lowest BCUT2D eigenvalue weighted by molar-refractivity contribution is 0.577. The van der Waals surface area contributed by atoms with Gasteiger partial charge in [-0.15, -0.1) is 22.7 Å². The molecule has 0 fully saturated rings. The van der Waals surface area contributed by atoms with Crippen LogP contribution in [0.1, 0.15) is 29.5 Å². The molecule has 0 atom stereocenters. The number of nitrogens with one attached hydrogen (secondary N) is 1. The molecule has 3 aromatic heterocycles. The summed E-state index contributed by atoms with van der Waals surface area (Å²) in [6.45, 7) is 2.42. The largest absolute Gasteiger partial charge is 0.246 e. The van der Waals surface area contributed by atoms with Crippen LogP contribution >= 0.6 is 46.0 Å². The maximum absolute atomic E-state index is 12.6. The number of fused-ring (bicyclic) bond motifs is 2. The number of sulfonamides is 1. The number of pyridine rings is 1. The van der Waals surface area contributed by atoms with Crippen LogP contribution in [0.3, 0.4) is 0 Å². The van der Waals surface area contributed by atoms with Gasteiger partial charge in [-0.25, -0.2) is 23.1 Å². The smallest absolute Gasteiger partial charge is 0.242 e. The predicted molar refractivity (Wildman–Crippen MR) is 117 cm³/mol. The molecule has 0 amide bonds. The van der Waals surface area contributed by atoms with E-state index in [1.807, 2.05) is 30.5 Å². The minimum atomic E-state index is -3.62. The molecule has 4 heterocycles. The second-order valence-corrected chi connectivity index (χ2v) is 11.5. The van der Waals surface area contributed by atoms with Crippen molar-refractivity contribution in [2.45, 2.75) is 34.6 Å². The number of hydrogen-bond acceptors (Lipinski definition) is 7. The Morgan fingerprint density at radius 2 is 2.11 bits per heavy atom. The Bertz CT molecular complexity index is 1150. The monoisotopic (exact) mass is 469 g/mol. The average Bonchev–Trinajstić information content (AvgIpc) is 3.27. The Morgan fingerprint density at radius 1 is 1.25 bits per heavy atom. The first kappa shape index (κ1) is 20.1. The van der Waals surface area contributed by atoms with Gasteiger partial charge < -0.3 is 0 Å². The third-order valence-electron chi connectivity index (χ3n) is 4.03. The molecule has 0 aliphatic carbocycles. The fourth-order valence-electron chi connectivity index (χ4n) is 2.63. The van der Waals surface area contributed by atoms with Gasteiger partial charge in [0, 0.05) is 17.6 Å². The van der Waals surface area contributed by atoms with E-state index in [1.54, 1.807) is 17.4 Å². The van der Waals surface area contributed by atoms with Crippen LogP contribution in [-0.4, -0.2) is 25.7 Å². The number of aliphatic imine (C=N–C) groups is 1. The normalized spacial score (nSPS) is 13.6. The average molecular weight is 470 g/mol. The predicted octanol–water partition coefficient (Wildman–Crippen LogP) is 5.57. The van der Waals surface area contributed by atoms with Crippen molar-refractivity contribution in [3.63, 3.8) is 0 Å². The highest BCUT2D eigenvalue weighted by molar-refractivity contribution is 7.99. The molecule has 10 heteroatoms. The van der Waals surface area contributed by atoms with Crippen LogP contribution in [-0.2, 0) is 10.0 Å². The number of rotatable bonds is 6. The zero-order chi connectivity index (χ0) is 19.7. The molecule has 3 aromatic rings. The van der Waals surface area contributed by atoms with Gasteiger partial charge in [0.25, 0.3) is 0 Å². The van der Waals surface area contributed by atoms with Crippen molar-refractivity contribution in [2.75, 3.05) is 6.54 Å². The van der Waals surface area contributed by atoms with Crippen molar-refractivity contribution in [1.29, 1.82) is 0 Å². The van der Waals surface area contributed by atoms with Gasteiger partial charge in [-0.05, 0) is 36.1 Å². The molecular weight excluding hydrogens is 454 g/mol. The first-order valence-corrected chi connectivity index (χ1v) is 12.9. The Hall–Kier alpha value is -1.23. The lowest BCUT2D eigenvalue weighted by Gasteiger charge is -2.08. The Morgan fingerprint density at radius 3 is 2.86 bits per heavy atom. The van der Waals surface area contributed by atoms with Gasteiger partial charge in [-0.1, -0.05) is 36.7 Å². The first-order chi connectivity index (χ1) is 13.5. The van der Waals surface area contributed by atoms with Crippen LogP contribution in [0.4, 0.5) is 5.69 Å².